The zero-order valence-corrected chi connectivity index (χ0v) is 16.6. The van der Waals surface area contributed by atoms with E-state index in [0.29, 0.717) is 12.3 Å². The Morgan fingerprint density at radius 3 is 2.38 bits per heavy atom. The third-order valence-electron chi connectivity index (χ3n) is 5.10. The summed E-state index contributed by atoms with van der Waals surface area (Å²) >= 11 is 0. The number of aliphatic imine (C=N–C) groups is 1. The summed E-state index contributed by atoms with van der Waals surface area (Å²) in [6, 6.07) is 8.85. The number of nitrogens with zero attached hydrogens (tertiary/aromatic N) is 2. The lowest BCUT2D eigenvalue weighted by atomic mass is 9.93. The standard InChI is InChI=1S/C21H34N4O/c1-4-17-6-8-18(9-7-17)10-13-24-21(23-5-2)25-14-11-19(12-15-25)16-20(26)22-3/h6-9,19H,4-5,10-16H2,1-3H3,(H,22,26)(H,23,24). The van der Waals surface area contributed by atoms with Crippen LogP contribution in [-0.4, -0.2) is 50.0 Å². The van der Waals surface area contributed by atoms with Crippen molar-refractivity contribution in [1.82, 2.24) is 15.5 Å². The Balaban J connectivity index is 1.85. The molecule has 0 saturated carbocycles. The fraction of sp³-hybridized carbons (Fsp3) is 0.619. The van der Waals surface area contributed by atoms with Gasteiger partial charge in [0.25, 0.3) is 0 Å². The Morgan fingerprint density at radius 2 is 1.81 bits per heavy atom. The largest absolute Gasteiger partial charge is 0.359 e. The molecule has 0 radical (unpaired) electrons. The predicted molar refractivity (Wildman–Crippen MR) is 108 cm³/mol. The highest BCUT2D eigenvalue weighted by molar-refractivity contribution is 5.80. The second kappa shape index (κ2) is 10.8. The van der Waals surface area contributed by atoms with E-state index in [1.165, 1.54) is 11.1 Å². The molecule has 1 aliphatic heterocycles. The van der Waals surface area contributed by atoms with Gasteiger partial charge in [-0.3, -0.25) is 9.79 Å². The molecule has 1 aliphatic rings. The van der Waals surface area contributed by atoms with Gasteiger partial charge in [-0.1, -0.05) is 31.2 Å². The van der Waals surface area contributed by atoms with E-state index in [2.05, 4.69) is 53.6 Å². The van der Waals surface area contributed by atoms with Crippen molar-refractivity contribution >= 4 is 11.9 Å². The van der Waals surface area contributed by atoms with Crippen LogP contribution in [0, 0.1) is 5.92 Å². The Labute approximate surface area is 158 Å². The second-order valence-corrected chi connectivity index (χ2v) is 6.96. The van der Waals surface area contributed by atoms with Crippen LogP contribution >= 0.6 is 0 Å². The van der Waals surface area contributed by atoms with Crippen LogP contribution < -0.4 is 10.6 Å². The number of guanidine groups is 1. The number of aryl methyl sites for hydroxylation is 1. The molecule has 1 aromatic rings. The highest BCUT2D eigenvalue weighted by Gasteiger charge is 2.22. The van der Waals surface area contributed by atoms with Gasteiger partial charge in [0, 0.05) is 39.6 Å². The SMILES string of the molecule is CCNC(=NCCc1ccc(CC)cc1)N1CCC(CC(=O)NC)CC1. The van der Waals surface area contributed by atoms with Crippen molar-refractivity contribution in [1.29, 1.82) is 0 Å². The molecule has 0 aliphatic carbocycles. The second-order valence-electron chi connectivity index (χ2n) is 6.96. The average molecular weight is 359 g/mol. The number of hydrogen-bond acceptors (Lipinski definition) is 2. The number of likely N-dealkylation sites (tertiary alicyclic amines) is 1. The van der Waals surface area contributed by atoms with Gasteiger partial charge in [0.2, 0.25) is 5.91 Å². The average Bonchev–Trinajstić information content (AvgIpc) is 2.68. The van der Waals surface area contributed by atoms with Gasteiger partial charge < -0.3 is 15.5 Å². The maximum absolute atomic E-state index is 11.6. The van der Waals surface area contributed by atoms with Crippen LogP contribution in [0.4, 0.5) is 0 Å². The minimum Gasteiger partial charge on any atom is -0.359 e. The highest BCUT2D eigenvalue weighted by Crippen LogP contribution is 2.20. The molecule has 5 nitrogen and oxygen atoms in total. The Bertz CT molecular complexity index is 574. The Hall–Kier alpha value is -2.04. The number of benzene rings is 1. The number of amides is 1. The van der Waals surface area contributed by atoms with Crippen LogP contribution in [0.3, 0.4) is 0 Å². The molecular weight excluding hydrogens is 324 g/mol. The van der Waals surface area contributed by atoms with Crippen LogP contribution in [-0.2, 0) is 17.6 Å². The van der Waals surface area contributed by atoms with Crippen molar-refractivity contribution in [3.05, 3.63) is 35.4 Å². The number of piperidine rings is 1. The molecule has 5 heteroatoms. The molecule has 1 fully saturated rings. The molecule has 1 saturated heterocycles. The van der Waals surface area contributed by atoms with Gasteiger partial charge in [0.1, 0.15) is 0 Å². The first kappa shape index (κ1) is 20.3. The van der Waals surface area contributed by atoms with Gasteiger partial charge in [-0.25, -0.2) is 0 Å². The summed E-state index contributed by atoms with van der Waals surface area (Å²) in [5, 5.41) is 6.15. The van der Waals surface area contributed by atoms with Crippen LogP contribution in [0.25, 0.3) is 0 Å². The lowest BCUT2D eigenvalue weighted by Gasteiger charge is -2.34. The third-order valence-corrected chi connectivity index (χ3v) is 5.10. The highest BCUT2D eigenvalue weighted by atomic mass is 16.1. The summed E-state index contributed by atoms with van der Waals surface area (Å²) in [5.41, 5.74) is 2.72. The summed E-state index contributed by atoms with van der Waals surface area (Å²) < 4.78 is 0. The van der Waals surface area contributed by atoms with E-state index in [4.69, 9.17) is 4.99 Å². The zero-order chi connectivity index (χ0) is 18.8. The number of rotatable bonds is 7. The summed E-state index contributed by atoms with van der Waals surface area (Å²) in [4.78, 5) is 18.7. The number of nitrogens with one attached hydrogen (secondary N) is 2. The van der Waals surface area contributed by atoms with E-state index in [0.717, 1.165) is 57.8 Å². The molecule has 1 aromatic carbocycles. The molecule has 0 unspecified atom stereocenters. The topological polar surface area (TPSA) is 56.7 Å². The molecular formula is C21H34N4O. The molecule has 0 atom stereocenters. The number of carbonyl (C=O) groups excluding carboxylic acids is 1. The first-order valence-electron chi connectivity index (χ1n) is 9.97. The van der Waals surface area contributed by atoms with E-state index in [1.54, 1.807) is 7.05 Å². The van der Waals surface area contributed by atoms with Crippen LogP contribution in [0.5, 0.6) is 0 Å². The molecule has 1 amide bonds. The van der Waals surface area contributed by atoms with Crippen molar-refractivity contribution in [2.24, 2.45) is 10.9 Å². The lowest BCUT2D eigenvalue weighted by Crippen LogP contribution is -2.46. The van der Waals surface area contributed by atoms with Crippen LogP contribution in [0.1, 0.15) is 44.2 Å². The summed E-state index contributed by atoms with van der Waals surface area (Å²) in [7, 11) is 1.71. The monoisotopic (exact) mass is 358 g/mol. The van der Waals surface area contributed by atoms with Crippen molar-refractivity contribution in [3.63, 3.8) is 0 Å². The first-order chi connectivity index (χ1) is 12.7. The van der Waals surface area contributed by atoms with Gasteiger partial charge >= 0.3 is 0 Å². The Kier molecular flexibility index (Phi) is 8.45. The van der Waals surface area contributed by atoms with Crippen molar-refractivity contribution in [2.45, 2.75) is 46.0 Å². The zero-order valence-electron chi connectivity index (χ0n) is 16.6. The van der Waals surface area contributed by atoms with E-state index < -0.39 is 0 Å². The van der Waals surface area contributed by atoms with Crippen molar-refractivity contribution in [2.75, 3.05) is 33.2 Å². The molecule has 2 N–H and O–H groups in total. The lowest BCUT2D eigenvalue weighted by molar-refractivity contribution is -0.121. The van der Waals surface area contributed by atoms with Gasteiger partial charge in [-0.2, -0.15) is 0 Å². The van der Waals surface area contributed by atoms with E-state index in [1.807, 2.05) is 0 Å². The maximum atomic E-state index is 11.6. The summed E-state index contributed by atoms with van der Waals surface area (Å²) in [6.07, 6.45) is 4.79. The Morgan fingerprint density at radius 1 is 1.15 bits per heavy atom. The van der Waals surface area contributed by atoms with Crippen molar-refractivity contribution < 1.29 is 4.79 Å². The molecule has 2 rings (SSSR count). The molecule has 0 bridgehead atoms. The summed E-state index contributed by atoms with van der Waals surface area (Å²) in [6.45, 7) is 7.91. The van der Waals surface area contributed by atoms with E-state index in [-0.39, 0.29) is 5.91 Å². The molecule has 26 heavy (non-hydrogen) atoms. The molecule has 0 spiro atoms. The fourth-order valence-corrected chi connectivity index (χ4v) is 3.37. The van der Waals surface area contributed by atoms with E-state index >= 15 is 0 Å². The minimum absolute atomic E-state index is 0.151. The van der Waals surface area contributed by atoms with Crippen LogP contribution in [0.2, 0.25) is 0 Å². The molecule has 0 aromatic heterocycles. The van der Waals surface area contributed by atoms with Crippen molar-refractivity contribution in [3.8, 4) is 0 Å². The normalized spacial score (nSPS) is 15.8. The van der Waals surface area contributed by atoms with Gasteiger partial charge in [-0.15, -0.1) is 0 Å². The third kappa shape index (κ3) is 6.36. The number of hydrogen-bond donors (Lipinski definition) is 2. The first-order valence-corrected chi connectivity index (χ1v) is 9.97. The van der Waals surface area contributed by atoms with E-state index in [9.17, 15) is 4.79 Å². The van der Waals surface area contributed by atoms with Gasteiger partial charge in [0.15, 0.2) is 5.96 Å². The predicted octanol–water partition coefficient (Wildman–Crippen LogP) is 2.61. The smallest absolute Gasteiger partial charge is 0.220 e. The maximum Gasteiger partial charge on any atom is 0.220 e. The van der Waals surface area contributed by atoms with Gasteiger partial charge in [0.05, 0.1) is 0 Å². The van der Waals surface area contributed by atoms with Crippen LogP contribution in [0.15, 0.2) is 29.3 Å². The molecule has 1 heterocycles. The fourth-order valence-electron chi connectivity index (χ4n) is 3.37. The molecule has 144 valence electrons. The number of carbonyl (C=O) groups is 1. The van der Waals surface area contributed by atoms with Gasteiger partial charge in [-0.05, 0) is 49.7 Å². The quantitative estimate of drug-likeness (QED) is 0.582. The minimum atomic E-state index is 0.151. The summed E-state index contributed by atoms with van der Waals surface area (Å²) in [5.74, 6) is 1.65.